The molecule has 0 aliphatic heterocycles. The van der Waals surface area contributed by atoms with Crippen molar-refractivity contribution in [3.8, 4) is 0 Å². The molecule has 6 heteroatoms. The number of carbonyl (C=O) groups is 1. The molecule has 90 valence electrons. The normalized spacial score (nSPS) is 10.4. The maximum atomic E-state index is 10.4. The molecule has 16 heavy (non-hydrogen) atoms. The van der Waals surface area contributed by atoms with E-state index in [0.717, 1.165) is 17.9 Å². The average Bonchev–Trinajstić information content (AvgIpc) is 2.43. The van der Waals surface area contributed by atoms with E-state index in [1.165, 1.54) is 5.56 Å². The van der Waals surface area contributed by atoms with Crippen LogP contribution in [-0.2, 0) is 13.6 Å². The van der Waals surface area contributed by atoms with E-state index in [-0.39, 0.29) is 0 Å². The summed E-state index contributed by atoms with van der Waals surface area (Å²) in [6, 6.07) is -0.490. The summed E-state index contributed by atoms with van der Waals surface area (Å²) in [6.07, 6.45) is 0. The van der Waals surface area contributed by atoms with Crippen LogP contribution in [0.5, 0.6) is 0 Å². The van der Waals surface area contributed by atoms with Crippen LogP contribution < -0.4 is 16.4 Å². The van der Waals surface area contributed by atoms with Gasteiger partial charge in [0, 0.05) is 37.9 Å². The minimum Gasteiger partial charge on any atom is -0.352 e. The molecule has 0 bridgehead atoms. The van der Waals surface area contributed by atoms with Crippen LogP contribution in [0.15, 0.2) is 0 Å². The number of nitrogens with one attached hydrogen (secondary N) is 2. The minimum absolute atomic E-state index is 0.490. The molecule has 0 aliphatic carbocycles. The third kappa shape index (κ3) is 3.23. The van der Waals surface area contributed by atoms with Gasteiger partial charge in [0.25, 0.3) is 0 Å². The molecular formula is C10H19N5O. The van der Waals surface area contributed by atoms with Crippen LogP contribution in [0.4, 0.5) is 4.79 Å². The maximum absolute atomic E-state index is 10.4. The first kappa shape index (κ1) is 12.5. The van der Waals surface area contributed by atoms with Gasteiger partial charge in [0.1, 0.15) is 0 Å². The zero-order chi connectivity index (χ0) is 12.1. The smallest absolute Gasteiger partial charge is 0.312 e. The van der Waals surface area contributed by atoms with Gasteiger partial charge in [-0.15, -0.1) is 0 Å². The summed E-state index contributed by atoms with van der Waals surface area (Å²) >= 11 is 0. The summed E-state index contributed by atoms with van der Waals surface area (Å²) in [7, 11) is 1.93. The lowest BCUT2D eigenvalue weighted by Gasteiger charge is -2.05. The molecule has 1 aromatic rings. The lowest BCUT2D eigenvalue weighted by molar-refractivity contribution is 0.249. The zero-order valence-corrected chi connectivity index (χ0v) is 10.0. The molecule has 0 fully saturated rings. The molecule has 0 saturated heterocycles. The summed E-state index contributed by atoms with van der Waals surface area (Å²) in [6.45, 7) is 6.01. The van der Waals surface area contributed by atoms with Gasteiger partial charge in [0.15, 0.2) is 0 Å². The van der Waals surface area contributed by atoms with Crippen LogP contribution in [0.1, 0.15) is 17.0 Å². The van der Waals surface area contributed by atoms with Gasteiger partial charge in [-0.1, -0.05) is 0 Å². The molecule has 0 radical (unpaired) electrons. The van der Waals surface area contributed by atoms with E-state index < -0.39 is 6.03 Å². The molecule has 1 rings (SSSR count). The quantitative estimate of drug-likeness (QED) is 0.606. The highest BCUT2D eigenvalue weighted by Crippen LogP contribution is 2.10. The Hall–Kier alpha value is -1.56. The van der Waals surface area contributed by atoms with Crippen LogP contribution in [0.2, 0.25) is 0 Å². The number of amides is 2. The molecule has 0 saturated carbocycles. The van der Waals surface area contributed by atoms with Crippen molar-refractivity contribution in [2.24, 2.45) is 12.8 Å². The number of carbonyl (C=O) groups excluding carboxylic acids is 1. The van der Waals surface area contributed by atoms with E-state index in [1.807, 2.05) is 25.6 Å². The average molecular weight is 225 g/mol. The molecule has 0 atom stereocenters. The summed E-state index contributed by atoms with van der Waals surface area (Å²) in [5, 5.41) is 10.1. The first-order valence-corrected chi connectivity index (χ1v) is 5.25. The molecule has 0 aromatic carbocycles. The fourth-order valence-electron chi connectivity index (χ4n) is 1.56. The Bertz CT molecular complexity index is 372. The van der Waals surface area contributed by atoms with Gasteiger partial charge < -0.3 is 16.4 Å². The number of rotatable bonds is 5. The second-order valence-corrected chi connectivity index (χ2v) is 3.74. The largest absolute Gasteiger partial charge is 0.352 e. The van der Waals surface area contributed by atoms with Gasteiger partial charge in [0.05, 0.1) is 5.69 Å². The van der Waals surface area contributed by atoms with Crippen molar-refractivity contribution in [1.82, 2.24) is 20.4 Å². The Labute approximate surface area is 95.2 Å². The van der Waals surface area contributed by atoms with Gasteiger partial charge in [0.2, 0.25) is 0 Å². The van der Waals surface area contributed by atoms with Crippen LogP contribution in [0.25, 0.3) is 0 Å². The highest BCUT2D eigenvalue weighted by atomic mass is 16.2. The highest BCUT2D eigenvalue weighted by Gasteiger charge is 2.07. The molecule has 0 spiro atoms. The first-order chi connectivity index (χ1) is 7.52. The van der Waals surface area contributed by atoms with Crippen LogP contribution >= 0.6 is 0 Å². The molecule has 4 N–H and O–H groups in total. The van der Waals surface area contributed by atoms with Crippen LogP contribution in [0.3, 0.4) is 0 Å². The second kappa shape index (κ2) is 5.50. The third-order valence-corrected chi connectivity index (χ3v) is 2.56. The lowest BCUT2D eigenvalue weighted by atomic mass is 10.2. The fourth-order valence-corrected chi connectivity index (χ4v) is 1.56. The summed E-state index contributed by atoms with van der Waals surface area (Å²) < 4.78 is 1.87. The number of urea groups is 1. The van der Waals surface area contributed by atoms with Crippen molar-refractivity contribution in [1.29, 1.82) is 0 Å². The van der Waals surface area contributed by atoms with Crippen molar-refractivity contribution < 1.29 is 4.79 Å². The minimum atomic E-state index is -0.490. The van der Waals surface area contributed by atoms with E-state index in [0.29, 0.717) is 13.1 Å². The first-order valence-electron chi connectivity index (χ1n) is 5.25. The molecule has 1 heterocycles. The van der Waals surface area contributed by atoms with Crippen molar-refractivity contribution >= 4 is 6.03 Å². The summed E-state index contributed by atoms with van der Waals surface area (Å²) in [5.41, 5.74) is 8.35. The van der Waals surface area contributed by atoms with Crippen LogP contribution in [0, 0.1) is 13.8 Å². The second-order valence-electron chi connectivity index (χ2n) is 3.74. The van der Waals surface area contributed by atoms with Crippen molar-refractivity contribution in [2.75, 3.05) is 13.1 Å². The van der Waals surface area contributed by atoms with Gasteiger partial charge in [-0.3, -0.25) is 4.68 Å². The van der Waals surface area contributed by atoms with Gasteiger partial charge in [-0.25, -0.2) is 4.79 Å². The van der Waals surface area contributed by atoms with E-state index in [4.69, 9.17) is 5.73 Å². The van der Waals surface area contributed by atoms with Gasteiger partial charge in [-0.05, 0) is 13.8 Å². The van der Waals surface area contributed by atoms with E-state index in [1.54, 1.807) is 0 Å². The summed E-state index contributed by atoms with van der Waals surface area (Å²) in [5.74, 6) is 0. The van der Waals surface area contributed by atoms with Crippen molar-refractivity contribution in [3.05, 3.63) is 17.0 Å². The Morgan fingerprint density at radius 3 is 2.62 bits per heavy atom. The monoisotopic (exact) mass is 225 g/mol. The standard InChI is InChI=1S/C10H19N5O/c1-7-9(8(2)15(3)14-7)6-12-4-5-13-10(11)16/h12H,4-6H2,1-3H3,(H3,11,13,16). The Kier molecular flexibility index (Phi) is 4.30. The molecule has 1 aromatic heterocycles. The maximum Gasteiger partial charge on any atom is 0.312 e. The number of aromatic nitrogens is 2. The van der Waals surface area contributed by atoms with E-state index in [2.05, 4.69) is 15.7 Å². The summed E-state index contributed by atoms with van der Waals surface area (Å²) in [4.78, 5) is 10.4. The fraction of sp³-hybridized carbons (Fsp3) is 0.600. The van der Waals surface area contributed by atoms with Gasteiger partial charge >= 0.3 is 6.03 Å². The molecular weight excluding hydrogens is 206 g/mol. The van der Waals surface area contributed by atoms with Crippen molar-refractivity contribution in [3.63, 3.8) is 0 Å². The Balaban J connectivity index is 2.34. The number of hydrogen-bond acceptors (Lipinski definition) is 3. The Morgan fingerprint density at radius 2 is 2.12 bits per heavy atom. The molecule has 2 amide bonds. The predicted octanol–water partition coefficient (Wildman–Crippen LogP) is -0.205. The van der Waals surface area contributed by atoms with Gasteiger partial charge in [-0.2, -0.15) is 5.10 Å². The number of aryl methyl sites for hydroxylation is 2. The number of primary amides is 1. The highest BCUT2D eigenvalue weighted by molar-refractivity contribution is 5.71. The molecule has 0 unspecified atom stereocenters. The number of nitrogens with zero attached hydrogens (tertiary/aromatic N) is 2. The van der Waals surface area contributed by atoms with Crippen molar-refractivity contribution in [2.45, 2.75) is 20.4 Å². The van der Waals surface area contributed by atoms with Crippen LogP contribution in [-0.4, -0.2) is 28.9 Å². The van der Waals surface area contributed by atoms with E-state index in [9.17, 15) is 4.79 Å². The van der Waals surface area contributed by atoms with E-state index >= 15 is 0 Å². The zero-order valence-electron chi connectivity index (χ0n) is 10.0. The lowest BCUT2D eigenvalue weighted by Crippen LogP contribution is -2.35. The number of nitrogens with two attached hydrogens (primary N) is 1. The Morgan fingerprint density at radius 1 is 1.44 bits per heavy atom. The topological polar surface area (TPSA) is 85.0 Å². The molecule has 0 aliphatic rings. The SMILES string of the molecule is Cc1nn(C)c(C)c1CNCCNC(N)=O. The number of hydrogen-bond donors (Lipinski definition) is 3. The predicted molar refractivity (Wildman–Crippen MR) is 62.0 cm³/mol. The molecule has 6 nitrogen and oxygen atoms in total. The third-order valence-electron chi connectivity index (χ3n) is 2.56.